The average Bonchev–Trinajstić information content (AvgIpc) is 3.37. The van der Waals surface area contributed by atoms with Crippen LogP contribution in [0.3, 0.4) is 0 Å². The Morgan fingerprint density at radius 2 is 2.11 bits per heavy atom. The highest BCUT2D eigenvalue weighted by Crippen LogP contribution is 2.26. The number of nitrogens with zero attached hydrogens (tertiary/aromatic N) is 5. The molecule has 0 atom stereocenters. The summed E-state index contributed by atoms with van der Waals surface area (Å²) in [6.07, 6.45) is 8.03. The molecule has 28 heavy (non-hydrogen) atoms. The molecule has 0 bridgehead atoms. The first-order valence-corrected chi connectivity index (χ1v) is 10.1. The summed E-state index contributed by atoms with van der Waals surface area (Å²) >= 11 is 3.55. The number of hydrogen-bond acceptors (Lipinski definition) is 6. The Hall–Kier alpha value is -2.39. The number of hydrogen-bond donors (Lipinski definition) is 2. The molecule has 1 aliphatic heterocycles. The number of halogens is 1. The molecule has 4 heterocycles. The molecule has 0 spiro atoms. The van der Waals surface area contributed by atoms with Gasteiger partial charge in [-0.1, -0.05) is 0 Å². The summed E-state index contributed by atoms with van der Waals surface area (Å²) in [4.78, 5) is 12.3. The fraction of sp³-hybridized carbons (Fsp3) is 0.421. The predicted octanol–water partition coefficient (Wildman–Crippen LogP) is 2.05. The number of aliphatic hydroxyl groups excluding tert-OH is 1. The molecule has 1 aliphatic rings. The van der Waals surface area contributed by atoms with E-state index in [1.807, 2.05) is 23.0 Å². The molecule has 0 aliphatic carbocycles. The van der Waals surface area contributed by atoms with Crippen LogP contribution in [-0.2, 0) is 6.54 Å². The van der Waals surface area contributed by atoms with E-state index in [0.717, 1.165) is 40.4 Å². The summed E-state index contributed by atoms with van der Waals surface area (Å²) in [6.45, 7) is 4.71. The van der Waals surface area contributed by atoms with Gasteiger partial charge in [-0.25, -0.2) is 4.98 Å². The van der Waals surface area contributed by atoms with Gasteiger partial charge in [-0.3, -0.25) is 4.84 Å². The lowest BCUT2D eigenvalue weighted by Crippen LogP contribution is -2.40. The zero-order valence-corrected chi connectivity index (χ0v) is 17.8. The molecule has 4 rings (SSSR count). The van der Waals surface area contributed by atoms with Crippen molar-refractivity contribution in [2.24, 2.45) is 0 Å². The van der Waals surface area contributed by atoms with Gasteiger partial charge in [0.25, 0.3) is 0 Å². The Labute approximate surface area is 172 Å². The maximum Gasteiger partial charge on any atom is 0.227 e. The van der Waals surface area contributed by atoms with Crippen molar-refractivity contribution < 1.29 is 14.7 Å². The number of nitrogens with one attached hydrogen (secondary N) is 1. The highest BCUT2D eigenvalue weighted by Gasteiger charge is 2.17. The molecular weight excluding hydrogens is 424 g/mol. The van der Waals surface area contributed by atoms with E-state index in [9.17, 15) is 0 Å². The van der Waals surface area contributed by atoms with E-state index in [2.05, 4.69) is 43.4 Å². The fourth-order valence-corrected chi connectivity index (χ4v) is 3.42. The molecule has 1 saturated heterocycles. The molecule has 3 aromatic rings. The topological polar surface area (TPSA) is 78.8 Å². The number of rotatable bonds is 5. The van der Waals surface area contributed by atoms with Gasteiger partial charge in [-0.05, 0) is 41.8 Å². The fourth-order valence-electron chi connectivity index (χ4n) is 3.07. The van der Waals surface area contributed by atoms with E-state index in [1.54, 1.807) is 25.0 Å². The first-order valence-electron chi connectivity index (χ1n) is 9.35. The van der Waals surface area contributed by atoms with Crippen LogP contribution < -0.4 is 19.8 Å². The van der Waals surface area contributed by atoms with E-state index in [4.69, 9.17) is 14.9 Å². The number of aliphatic hydroxyl groups is 1. The second-order valence-corrected chi connectivity index (χ2v) is 7.20. The van der Waals surface area contributed by atoms with Crippen molar-refractivity contribution in [3.05, 3.63) is 46.8 Å². The molecule has 150 valence electrons. The first-order chi connectivity index (χ1) is 13.7. The molecular formula is C19H26BrN6O2+. The van der Waals surface area contributed by atoms with Crippen molar-refractivity contribution in [1.82, 2.24) is 14.6 Å². The summed E-state index contributed by atoms with van der Waals surface area (Å²) in [5.41, 5.74) is 1.94. The molecule has 0 unspecified atom stereocenters. The second-order valence-electron chi connectivity index (χ2n) is 6.35. The minimum absolute atomic E-state index is 0.250. The molecule has 8 nitrogen and oxygen atoms in total. The van der Waals surface area contributed by atoms with Gasteiger partial charge < -0.3 is 15.3 Å². The quantitative estimate of drug-likeness (QED) is 0.580. The molecule has 9 heteroatoms. The average molecular weight is 450 g/mol. The molecule has 2 N–H and O–H groups in total. The monoisotopic (exact) mass is 449 g/mol. The van der Waals surface area contributed by atoms with Crippen LogP contribution in [0.1, 0.15) is 25.3 Å². The smallest absolute Gasteiger partial charge is 0.227 e. The maximum atomic E-state index is 7.57. The van der Waals surface area contributed by atoms with E-state index < -0.39 is 0 Å². The van der Waals surface area contributed by atoms with E-state index in [1.165, 1.54) is 12.8 Å². The third-order valence-corrected chi connectivity index (χ3v) is 4.93. The van der Waals surface area contributed by atoms with Crippen molar-refractivity contribution in [3.8, 4) is 0 Å². The lowest BCUT2D eigenvalue weighted by atomic mass is 10.3. The lowest BCUT2D eigenvalue weighted by Gasteiger charge is -2.18. The van der Waals surface area contributed by atoms with E-state index in [-0.39, 0.29) is 6.61 Å². The second kappa shape index (κ2) is 9.70. The Morgan fingerprint density at radius 1 is 1.36 bits per heavy atom. The van der Waals surface area contributed by atoms with Crippen LogP contribution in [0.15, 0.2) is 41.3 Å². The van der Waals surface area contributed by atoms with Crippen LogP contribution in [-0.4, -0.2) is 46.5 Å². The van der Waals surface area contributed by atoms with Crippen LogP contribution >= 0.6 is 15.9 Å². The normalized spacial score (nSPS) is 13.4. The SMILES string of the molecule is CCO.CO[n+]1cccc(CNc2cc(N3CCCC3)nc3c(Br)cnn23)c1. The molecule has 3 aromatic heterocycles. The predicted molar refractivity (Wildman–Crippen MR) is 111 cm³/mol. The minimum atomic E-state index is 0.250. The minimum Gasteiger partial charge on any atom is -0.397 e. The Morgan fingerprint density at radius 3 is 2.82 bits per heavy atom. The zero-order chi connectivity index (χ0) is 19.9. The van der Waals surface area contributed by atoms with Crippen LogP contribution in [0, 0.1) is 0 Å². The number of anilines is 2. The summed E-state index contributed by atoms with van der Waals surface area (Å²) in [7, 11) is 1.65. The van der Waals surface area contributed by atoms with E-state index >= 15 is 0 Å². The largest absolute Gasteiger partial charge is 0.397 e. The van der Waals surface area contributed by atoms with Crippen molar-refractivity contribution in [2.75, 3.05) is 37.0 Å². The summed E-state index contributed by atoms with van der Waals surface area (Å²) in [5, 5.41) is 15.5. The summed E-state index contributed by atoms with van der Waals surface area (Å²) in [5.74, 6) is 1.92. The molecule has 0 aromatic carbocycles. The molecule has 0 amide bonds. The lowest BCUT2D eigenvalue weighted by molar-refractivity contribution is -0.885. The molecule has 1 fully saturated rings. The molecule has 0 saturated carbocycles. The van der Waals surface area contributed by atoms with Crippen LogP contribution in [0.2, 0.25) is 0 Å². The summed E-state index contributed by atoms with van der Waals surface area (Å²) in [6, 6.07) is 6.09. The van der Waals surface area contributed by atoms with Crippen molar-refractivity contribution in [2.45, 2.75) is 26.3 Å². The molecule has 0 radical (unpaired) electrons. The van der Waals surface area contributed by atoms with Gasteiger partial charge in [-0.2, -0.15) is 9.61 Å². The number of pyridine rings is 1. The van der Waals surface area contributed by atoms with Gasteiger partial charge in [0.2, 0.25) is 12.4 Å². The van der Waals surface area contributed by atoms with Gasteiger partial charge in [-0.15, -0.1) is 0 Å². The van der Waals surface area contributed by atoms with Crippen LogP contribution in [0.5, 0.6) is 0 Å². The van der Waals surface area contributed by atoms with Crippen molar-refractivity contribution in [1.29, 1.82) is 0 Å². The number of fused-ring (bicyclic) bond motifs is 1. The first kappa shape index (κ1) is 20.3. The van der Waals surface area contributed by atoms with Gasteiger partial charge in [0, 0.05) is 48.7 Å². The highest BCUT2D eigenvalue weighted by atomic mass is 79.9. The zero-order valence-electron chi connectivity index (χ0n) is 16.2. The third kappa shape index (κ3) is 4.71. The van der Waals surface area contributed by atoms with Gasteiger partial charge in [0.15, 0.2) is 5.65 Å². The van der Waals surface area contributed by atoms with Crippen LogP contribution in [0.4, 0.5) is 11.6 Å². The Kier molecular flexibility index (Phi) is 7.05. The van der Waals surface area contributed by atoms with Gasteiger partial charge in [0.05, 0.1) is 10.7 Å². The van der Waals surface area contributed by atoms with Crippen LogP contribution in [0.25, 0.3) is 5.65 Å². The van der Waals surface area contributed by atoms with Crippen molar-refractivity contribution in [3.63, 3.8) is 0 Å². The number of aromatic nitrogens is 4. The third-order valence-electron chi connectivity index (χ3n) is 4.37. The Bertz CT molecular complexity index is 911. The summed E-state index contributed by atoms with van der Waals surface area (Å²) < 4.78 is 4.41. The standard InChI is InChI=1S/C17H20BrN6O.C2H6O/c1-25-23-8-4-5-13(12-23)10-19-15-9-16(22-6-2-3-7-22)21-17-14(18)11-20-24(15)17;1-2-3/h4-5,8-9,11-12,19H,2-3,6-7,10H2,1H3;3H,2H2,1H3/q+1;. The van der Waals surface area contributed by atoms with Gasteiger partial charge in [0.1, 0.15) is 18.7 Å². The Balaban J connectivity index is 0.000000706. The maximum absolute atomic E-state index is 7.57. The highest BCUT2D eigenvalue weighted by molar-refractivity contribution is 9.10. The van der Waals surface area contributed by atoms with E-state index in [0.29, 0.717) is 6.54 Å². The van der Waals surface area contributed by atoms with Crippen molar-refractivity contribution >= 4 is 33.2 Å². The van der Waals surface area contributed by atoms with Gasteiger partial charge >= 0.3 is 0 Å².